The Balaban J connectivity index is 0.947. The van der Waals surface area contributed by atoms with Crippen LogP contribution in [0.1, 0.15) is 22.6 Å². The molecule has 7 aromatic rings. The summed E-state index contributed by atoms with van der Waals surface area (Å²) in [5.74, 6) is 0.623. The van der Waals surface area contributed by atoms with Crippen molar-refractivity contribution in [1.82, 2.24) is 0 Å². The van der Waals surface area contributed by atoms with Crippen LogP contribution in [0, 0.1) is 24.6 Å². The van der Waals surface area contributed by atoms with Gasteiger partial charge in [0.2, 0.25) is 0 Å². The number of hydrogen-bond donors (Lipinski definition) is 0. The van der Waals surface area contributed by atoms with Crippen molar-refractivity contribution >= 4 is 27.8 Å². The minimum absolute atomic E-state index is 0.197. The van der Waals surface area contributed by atoms with E-state index >= 15 is 0 Å². The molecule has 0 saturated heterocycles. The van der Waals surface area contributed by atoms with E-state index in [4.69, 9.17) is 0 Å². The molecule has 0 heterocycles. The van der Waals surface area contributed by atoms with Gasteiger partial charge in [-0.2, -0.15) is 0 Å². The molecule has 9 rings (SSSR count). The summed E-state index contributed by atoms with van der Waals surface area (Å²) in [6.45, 7) is 2.13. The number of aryl methyl sites for hydroxylation is 1. The molecule has 7 aromatic carbocycles. The fourth-order valence-electron chi connectivity index (χ4n) is 8.34. The van der Waals surface area contributed by atoms with Gasteiger partial charge in [-0.15, -0.1) is 0 Å². The minimum atomic E-state index is -0.197. The maximum absolute atomic E-state index is 14.0. The van der Waals surface area contributed by atoms with Gasteiger partial charge in [-0.25, -0.2) is 4.39 Å². The molecule has 2 aliphatic carbocycles. The summed E-state index contributed by atoms with van der Waals surface area (Å²) in [5.41, 5.74) is 13.2. The molecule has 0 bridgehead atoms. The van der Waals surface area contributed by atoms with Crippen LogP contribution in [-0.2, 0) is 6.42 Å². The predicted molar refractivity (Wildman–Crippen MR) is 230 cm³/mol. The fourth-order valence-corrected chi connectivity index (χ4v) is 8.34. The van der Waals surface area contributed by atoms with E-state index in [2.05, 4.69) is 194 Å². The van der Waals surface area contributed by atoms with Crippen molar-refractivity contribution in [2.45, 2.75) is 19.3 Å². The van der Waals surface area contributed by atoms with Crippen molar-refractivity contribution in [3.63, 3.8) is 0 Å². The van der Waals surface area contributed by atoms with E-state index in [9.17, 15) is 4.39 Å². The highest BCUT2D eigenvalue weighted by Gasteiger charge is 2.31. The van der Waals surface area contributed by atoms with Crippen LogP contribution >= 0.6 is 0 Å². The number of rotatable bonds is 9. The third-order valence-electron chi connectivity index (χ3n) is 11.3. The van der Waals surface area contributed by atoms with E-state index in [-0.39, 0.29) is 17.7 Å². The third kappa shape index (κ3) is 7.12. The van der Waals surface area contributed by atoms with E-state index in [1.54, 1.807) is 12.1 Å². The quantitative estimate of drug-likeness (QED) is 0.144. The highest BCUT2D eigenvalue weighted by Crippen LogP contribution is 2.43. The Morgan fingerprint density at radius 3 is 1.85 bits per heavy atom. The monoisotopic (exact) mass is 711 g/mol. The minimum Gasteiger partial charge on any atom is -0.310 e. The molecular formula is C53H42FN. The average molecular weight is 712 g/mol. The maximum Gasteiger partial charge on any atom is 0.123 e. The Morgan fingerprint density at radius 2 is 1.16 bits per heavy atom. The van der Waals surface area contributed by atoms with E-state index in [1.807, 2.05) is 12.1 Å². The Hall–Kier alpha value is -6.51. The molecule has 2 aliphatic rings. The van der Waals surface area contributed by atoms with Gasteiger partial charge < -0.3 is 4.90 Å². The first-order chi connectivity index (χ1) is 27.1. The van der Waals surface area contributed by atoms with Crippen LogP contribution in [0.2, 0.25) is 0 Å². The van der Waals surface area contributed by atoms with Crippen LogP contribution in [0.5, 0.6) is 0 Å². The van der Waals surface area contributed by atoms with Gasteiger partial charge in [0.05, 0.1) is 5.69 Å². The molecule has 0 saturated carbocycles. The zero-order chi connectivity index (χ0) is 37.1. The molecule has 3 unspecified atom stereocenters. The summed E-state index contributed by atoms with van der Waals surface area (Å²) in [4.78, 5) is 2.35. The van der Waals surface area contributed by atoms with Crippen LogP contribution in [-0.4, -0.2) is 0 Å². The molecule has 1 nitrogen and oxygen atoms in total. The highest BCUT2D eigenvalue weighted by atomic mass is 19.1. The summed E-state index contributed by atoms with van der Waals surface area (Å²) in [6, 6.07) is 57.7. The molecule has 0 radical (unpaired) electrons. The van der Waals surface area contributed by atoms with Gasteiger partial charge in [-0.3, -0.25) is 0 Å². The number of nitrogens with zero attached hydrogens (tertiary/aromatic N) is 1. The zero-order valence-corrected chi connectivity index (χ0v) is 30.9. The Bertz CT molecular complexity index is 2550. The highest BCUT2D eigenvalue weighted by molar-refractivity contribution is 5.99. The standard InChI is InChI=1S/C53H42FN/c1-37-16-32-47(33-17-37)55(53-15-7-11-44-9-3-5-13-50(44)53)48-34-28-42(29-35-48)41-24-22-40(23-25-41)39-20-18-38(19-21-39)36-52(45-26-30-46(54)31-27-45)51-14-6-10-43-8-2-4-12-49(43)51/h2-35,49,51-52H,36H2,1H3. The van der Waals surface area contributed by atoms with Gasteiger partial charge in [-0.05, 0) is 112 Å². The summed E-state index contributed by atoms with van der Waals surface area (Å²) < 4.78 is 14.0. The fraction of sp³-hybridized carbons (Fsp3) is 0.0943. The number of benzene rings is 7. The van der Waals surface area contributed by atoms with Crippen molar-refractivity contribution in [2.75, 3.05) is 4.90 Å². The average Bonchev–Trinajstić information content (AvgIpc) is 3.24. The molecule has 3 atom stereocenters. The predicted octanol–water partition coefficient (Wildman–Crippen LogP) is 14.3. The first-order valence-corrected chi connectivity index (χ1v) is 19.2. The zero-order valence-electron chi connectivity index (χ0n) is 30.9. The van der Waals surface area contributed by atoms with E-state index < -0.39 is 0 Å². The molecule has 0 fully saturated rings. The van der Waals surface area contributed by atoms with Gasteiger partial charge in [0.25, 0.3) is 0 Å². The Labute approximate surface area is 323 Å². The largest absolute Gasteiger partial charge is 0.310 e. The number of hydrogen-bond acceptors (Lipinski definition) is 1. The van der Waals surface area contributed by atoms with Gasteiger partial charge in [0, 0.05) is 22.7 Å². The molecule has 2 heteroatoms. The molecule has 266 valence electrons. The second-order valence-electron chi connectivity index (χ2n) is 14.8. The van der Waals surface area contributed by atoms with Crippen LogP contribution in [0.25, 0.3) is 33.0 Å². The number of fused-ring (bicyclic) bond motifs is 2. The van der Waals surface area contributed by atoms with Crippen LogP contribution in [0.15, 0.2) is 212 Å². The Kier molecular flexibility index (Phi) is 9.40. The molecule has 0 N–H and O–H groups in total. The number of allylic oxidation sites excluding steroid dienone is 8. The van der Waals surface area contributed by atoms with Crippen molar-refractivity contribution < 1.29 is 4.39 Å². The Morgan fingerprint density at radius 1 is 0.564 bits per heavy atom. The lowest BCUT2D eigenvalue weighted by molar-refractivity contribution is 0.429. The van der Waals surface area contributed by atoms with Crippen LogP contribution in [0.4, 0.5) is 21.5 Å². The van der Waals surface area contributed by atoms with Crippen molar-refractivity contribution in [1.29, 1.82) is 0 Å². The van der Waals surface area contributed by atoms with Crippen molar-refractivity contribution in [3.8, 4) is 22.3 Å². The maximum atomic E-state index is 14.0. The molecule has 55 heavy (non-hydrogen) atoms. The summed E-state index contributed by atoms with van der Waals surface area (Å²) in [6.07, 6.45) is 16.4. The molecule has 0 amide bonds. The first-order valence-electron chi connectivity index (χ1n) is 19.2. The van der Waals surface area contributed by atoms with Crippen molar-refractivity contribution in [3.05, 3.63) is 234 Å². The normalized spacial score (nSPS) is 16.4. The number of halogens is 1. The molecule has 0 aliphatic heterocycles. The first kappa shape index (κ1) is 34.3. The summed E-state index contributed by atoms with van der Waals surface area (Å²) in [7, 11) is 0. The summed E-state index contributed by atoms with van der Waals surface area (Å²) >= 11 is 0. The second kappa shape index (κ2) is 15.1. The van der Waals surface area contributed by atoms with Gasteiger partial charge in [0.1, 0.15) is 5.82 Å². The molecular weight excluding hydrogens is 670 g/mol. The molecule has 0 spiro atoms. The lowest BCUT2D eigenvalue weighted by Gasteiger charge is -2.34. The smallest absolute Gasteiger partial charge is 0.123 e. The lowest BCUT2D eigenvalue weighted by atomic mass is 9.69. The van der Waals surface area contributed by atoms with E-state index in [0.29, 0.717) is 5.92 Å². The van der Waals surface area contributed by atoms with Crippen LogP contribution in [0.3, 0.4) is 0 Å². The van der Waals surface area contributed by atoms with E-state index in [1.165, 1.54) is 55.3 Å². The lowest BCUT2D eigenvalue weighted by Crippen LogP contribution is -2.24. The second-order valence-corrected chi connectivity index (χ2v) is 14.8. The topological polar surface area (TPSA) is 3.24 Å². The van der Waals surface area contributed by atoms with Gasteiger partial charge in [-0.1, -0.05) is 169 Å². The summed E-state index contributed by atoms with van der Waals surface area (Å²) in [5, 5.41) is 2.44. The van der Waals surface area contributed by atoms with Gasteiger partial charge >= 0.3 is 0 Å². The van der Waals surface area contributed by atoms with Crippen LogP contribution < -0.4 is 4.90 Å². The third-order valence-corrected chi connectivity index (χ3v) is 11.3. The van der Waals surface area contributed by atoms with Gasteiger partial charge in [0.15, 0.2) is 0 Å². The van der Waals surface area contributed by atoms with E-state index in [0.717, 1.165) is 23.5 Å². The number of anilines is 3. The molecule has 0 aromatic heterocycles. The van der Waals surface area contributed by atoms with Crippen molar-refractivity contribution in [2.24, 2.45) is 11.8 Å². The SMILES string of the molecule is Cc1ccc(N(c2ccc(-c3ccc(-c4ccc(CC(c5ccc(F)cc5)C5C=CC=C6C=CC=CC65)cc4)cc3)cc2)c2cccc3ccccc23)cc1.